The molecule has 30 heavy (non-hydrogen) atoms. The predicted molar refractivity (Wildman–Crippen MR) is 104 cm³/mol. The molecule has 1 amide bonds. The number of ketones is 1. The molecule has 7 nitrogen and oxygen atoms in total. The molecule has 1 aromatic rings. The van der Waals surface area contributed by atoms with Crippen LogP contribution >= 0.6 is 0 Å². The number of hydrogen-bond acceptors (Lipinski definition) is 5. The quantitative estimate of drug-likeness (QED) is 0.750. The summed E-state index contributed by atoms with van der Waals surface area (Å²) < 4.78 is 26.7. The van der Waals surface area contributed by atoms with Crippen LogP contribution in [0.4, 0.5) is 9.18 Å². The van der Waals surface area contributed by atoms with Crippen molar-refractivity contribution in [2.24, 2.45) is 11.8 Å². The summed E-state index contributed by atoms with van der Waals surface area (Å²) in [6.45, 7) is 2.22. The topological polar surface area (TPSA) is 93.1 Å². The molecule has 2 heterocycles. The van der Waals surface area contributed by atoms with Gasteiger partial charge in [-0.15, -0.1) is 0 Å². The molecule has 4 rings (SSSR count). The van der Waals surface area contributed by atoms with E-state index in [-0.39, 0.29) is 48.4 Å². The Morgan fingerprint density at radius 2 is 1.97 bits per heavy atom. The molecule has 1 saturated carbocycles. The third-order valence-electron chi connectivity index (χ3n) is 6.77. The van der Waals surface area contributed by atoms with Gasteiger partial charge in [0, 0.05) is 31.8 Å². The Balaban J connectivity index is 1.67. The van der Waals surface area contributed by atoms with Crippen molar-refractivity contribution in [2.45, 2.75) is 50.5 Å². The van der Waals surface area contributed by atoms with E-state index in [1.54, 1.807) is 19.1 Å². The van der Waals surface area contributed by atoms with Crippen LogP contribution in [0.5, 0.6) is 5.75 Å². The maximum atomic E-state index is 15.7. The second-order valence-corrected chi connectivity index (χ2v) is 8.68. The molecule has 1 aromatic carbocycles. The molecule has 1 saturated heterocycles. The fourth-order valence-corrected chi connectivity index (χ4v) is 4.89. The second kappa shape index (κ2) is 7.56. The van der Waals surface area contributed by atoms with Crippen LogP contribution in [0.3, 0.4) is 0 Å². The summed E-state index contributed by atoms with van der Waals surface area (Å²) in [4.78, 5) is 37.4. The lowest BCUT2D eigenvalue weighted by molar-refractivity contribution is -0.145. The number of halogens is 1. The van der Waals surface area contributed by atoms with E-state index in [1.165, 1.54) is 12.0 Å². The van der Waals surface area contributed by atoms with Gasteiger partial charge in [-0.2, -0.15) is 0 Å². The number of benzene rings is 1. The summed E-state index contributed by atoms with van der Waals surface area (Å²) in [7, 11) is 1.32. The van der Waals surface area contributed by atoms with E-state index in [4.69, 9.17) is 9.47 Å². The highest BCUT2D eigenvalue weighted by Gasteiger charge is 2.46. The molecule has 162 valence electrons. The lowest BCUT2D eigenvalue weighted by Gasteiger charge is -2.43. The maximum Gasteiger partial charge on any atom is 0.407 e. The van der Waals surface area contributed by atoms with E-state index < -0.39 is 29.4 Å². The standard InChI is InChI=1S/C22H26FNO6/c1-12(20(26)29-2)17(13-3-4-13)15-6-5-14-16(25)11-22(30-19(14)18(15)23)7-9-24(10-8-22)21(27)28/h5-6,12-13,17H,3-4,7-11H2,1-2H3,(H,27,28)/t12-,17-/m0/s1. The van der Waals surface area contributed by atoms with Crippen LogP contribution in [0, 0.1) is 17.7 Å². The average Bonchev–Trinajstić information content (AvgIpc) is 3.55. The molecular weight excluding hydrogens is 393 g/mol. The first-order valence-electron chi connectivity index (χ1n) is 10.4. The molecule has 0 aromatic heterocycles. The molecule has 1 spiro atoms. The number of carbonyl (C=O) groups is 3. The van der Waals surface area contributed by atoms with Crippen LogP contribution in [0.2, 0.25) is 0 Å². The number of carbonyl (C=O) groups excluding carboxylic acids is 2. The van der Waals surface area contributed by atoms with Gasteiger partial charge in [-0.1, -0.05) is 13.0 Å². The normalized spacial score (nSPS) is 22.1. The van der Waals surface area contributed by atoms with Gasteiger partial charge in [-0.05, 0) is 30.4 Å². The number of likely N-dealkylation sites (tertiary alicyclic amines) is 1. The van der Waals surface area contributed by atoms with Gasteiger partial charge < -0.3 is 19.5 Å². The number of ether oxygens (including phenoxy) is 2. The van der Waals surface area contributed by atoms with E-state index in [0.29, 0.717) is 18.4 Å². The lowest BCUT2D eigenvalue weighted by Crippen LogP contribution is -2.52. The van der Waals surface area contributed by atoms with E-state index in [2.05, 4.69) is 0 Å². The van der Waals surface area contributed by atoms with Crippen molar-refractivity contribution in [3.05, 3.63) is 29.1 Å². The fraction of sp³-hybridized carbons (Fsp3) is 0.591. The van der Waals surface area contributed by atoms with Gasteiger partial charge in [0.1, 0.15) is 5.60 Å². The van der Waals surface area contributed by atoms with Gasteiger partial charge in [0.2, 0.25) is 0 Å². The van der Waals surface area contributed by atoms with E-state index in [1.807, 2.05) is 0 Å². The van der Waals surface area contributed by atoms with Crippen LogP contribution in [0.15, 0.2) is 12.1 Å². The number of amides is 1. The minimum Gasteiger partial charge on any atom is -0.483 e. The highest BCUT2D eigenvalue weighted by Crippen LogP contribution is 2.50. The second-order valence-electron chi connectivity index (χ2n) is 8.68. The molecule has 3 aliphatic rings. The number of rotatable bonds is 4. The molecular formula is C22H26FNO6. The Bertz CT molecular complexity index is 888. The number of fused-ring (bicyclic) bond motifs is 1. The number of piperidine rings is 1. The number of hydrogen-bond donors (Lipinski definition) is 1. The summed E-state index contributed by atoms with van der Waals surface area (Å²) in [5.74, 6) is -1.90. The van der Waals surface area contributed by atoms with Crippen LogP contribution in [0.1, 0.15) is 60.9 Å². The zero-order valence-corrected chi connectivity index (χ0v) is 17.2. The van der Waals surface area contributed by atoms with Gasteiger partial charge in [-0.3, -0.25) is 9.59 Å². The highest BCUT2D eigenvalue weighted by molar-refractivity contribution is 6.00. The van der Waals surface area contributed by atoms with Crippen molar-refractivity contribution < 1.29 is 33.4 Å². The van der Waals surface area contributed by atoms with Gasteiger partial charge in [0.05, 0.1) is 25.0 Å². The summed E-state index contributed by atoms with van der Waals surface area (Å²) in [5, 5.41) is 9.17. The summed E-state index contributed by atoms with van der Waals surface area (Å²) in [6, 6.07) is 3.19. The fourth-order valence-electron chi connectivity index (χ4n) is 4.89. The largest absolute Gasteiger partial charge is 0.483 e. The van der Waals surface area contributed by atoms with Crippen LogP contribution in [-0.4, -0.2) is 53.7 Å². The van der Waals surface area contributed by atoms with Gasteiger partial charge in [0.15, 0.2) is 17.3 Å². The monoisotopic (exact) mass is 419 g/mol. The van der Waals surface area contributed by atoms with Crippen molar-refractivity contribution in [2.75, 3.05) is 20.2 Å². The third kappa shape index (κ3) is 3.52. The Morgan fingerprint density at radius 3 is 2.53 bits per heavy atom. The Labute approximate surface area is 174 Å². The Hall–Kier alpha value is -2.64. The molecule has 0 bridgehead atoms. The minimum absolute atomic E-state index is 0.0600. The van der Waals surface area contributed by atoms with Crippen molar-refractivity contribution in [3.8, 4) is 5.75 Å². The molecule has 2 atom stereocenters. The number of Topliss-reactive ketones (excluding diaryl/α,β-unsaturated/α-hetero) is 1. The van der Waals surface area contributed by atoms with E-state index in [9.17, 15) is 19.5 Å². The van der Waals surface area contributed by atoms with Gasteiger partial charge >= 0.3 is 12.1 Å². The molecule has 2 aliphatic heterocycles. The smallest absolute Gasteiger partial charge is 0.407 e. The van der Waals surface area contributed by atoms with Gasteiger partial charge in [0.25, 0.3) is 0 Å². The first kappa shape index (κ1) is 20.6. The Kier molecular flexibility index (Phi) is 5.20. The molecule has 0 unspecified atom stereocenters. The van der Waals surface area contributed by atoms with Crippen LogP contribution in [-0.2, 0) is 9.53 Å². The highest BCUT2D eigenvalue weighted by atomic mass is 19.1. The lowest BCUT2D eigenvalue weighted by atomic mass is 9.79. The van der Waals surface area contributed by atoms with E-state index in [0.717, 1.165) is 12.8 Å². The van der Waals surface area contributed by atoms with Crippen LogP contribution in [0.25, 0.3) is 0 Å². The zero-order valence-electron chi connectivity index (χ0n) is 17.2. The van der Waals surface area contributed by atoms with Crippen molar-refractivity contribution >= 4 is 17.8 Å². The zero-order chi connectivity index (χ0) is 21.6. The van der Waals surface area contributed by atoms with Crippen molar-refractivity contribution in [1.82, 2.24) is 4.90 Å². The minimum atomic E-state index is -1.01. The number of nitrogens with zero attached hydrogens (tertiary/aromatic N) is 1. The number of methoxy groups -OCH3 is 1. The van der Waals surface area contributed by atoms with Crippen LogP contribution < -0.4 is 4.74 Å². The Morgan fingerprint density at radius 1 is 1.30 bits per heavy atom. The van der Waals surface area contributed by atoms with E-state index >= 15 is 4.39 Å². The predicted octanol–water partition coefficient (Wildman–Crippen LogP) is 3.61. The molecule has 1 aliphatic carbocycles. The molecule has 2 fully saturated rings. The third-order valence-corrected chi connectivity index (χ3v) is 6.77. The average molecular weight is 419 g/mol. The summed E-state index contributed by atoms with van der Waals surface area (Å²) in [5.41, 5.74) is -0.303. The van der Waals surface area contributed by atoms with Crippen molar-refractivity contribution in [1.29, 1.82) is 0 Å². The van der Waals surface area contributed by atoms with Crippen molar-refractivity contribution in [3.63, 3.8) is 0 Å². The molecule has 1 N–H and O–H groups in total. The first-order valence-corrected chi connectivity index (χ1v) is 10.4. The molecule has 8 heteroatoms. The summed E-state index contributed by atoms with van der Waals surface area (Å²) >= 11 is 0. The maximum absolute atomic E-state index is 15.7. The SMILES string of the molecule is COC(=O)[C@@H](C)[C@H](c1ccc2c(c1F)OC1(CCN(C(=O)O)CC1)CC2=O)C1CC1. The van der Waals surface area contributed by atoms with Gasteiger partial charge in [-0.25, -0.2) is 9.18 Å². The number of carboxylic acid groups (broad SMARTS) is 1. The molecule has 0 radical (unpaired) electrons. The summed E-state index contributed by atoms with van der Waals surface area (Å²) in [6.07, 6.45) is 1.59. The first-order chi connectivity index (χ1) is 14.3. The number of esters is 1.